The second-order valence-electron chi connectivity index (χ2n) is 9.30. The maximum absolute atomic E-state index is 13.4. The first-order valence-electron chi connectivity index (χ1n) is 11.8. The van der Waals surface area contributed by atoms with Crippen LogP contribution in [0.5, 0.6) is 0 Å². The van der Waals surface area contributed by atoms with E-state index >= 15 is 0 Å². The quantitative estimate of drug-likeness (QED) is 0.673. The predicted octanol–water partition coefficient (Wildman–Crippen LogP) is 5.90. The molecule has 1 N–H and O–H groups in total. The summed E-state index contributed by atoms with van der Waals surface area (Å²) in [7, 11) is 0. The van der Waals surface area contributed by atoms with E-state index in [2.05, 4.69) is 66.5 Å². The summed E-state index contributed by atoms with van der Waals surface area (Å²) in [4.78, 5) is 15.9. The number of anilines is 1. The van der Waals surface area contributed by atoms with Crippen molar-refractivity contribution in [1.29, 1.82) is 0 Å². The molecule has 0 aromatic heterocycles. The van der Waals surface area contributed by atoms with Crippen molar-refractivity contribution >= 4 is 11.5 Å². The van der Waals surface area contributed by atoms with E-state index in [4.69, 9.17) is 0 Å². The van der Waals surface area contributed by atoms with Gasteiger partial charge in [-0.15, -0.1) is 0 Å². The fourth-order valence-electron chi connectivity index (χ4n) is 5.32. The van der Waals surface area contributed by atoms with Crippen LogP contribution in [0, 0.1) is 11.8 Å². The normalized spacial score (nSPS) is 27.7. The van der Waals surface area contributed by atoms with Crippen molar-refractivity contribution in [1.82, 2.24) is 4.90 Å². The Bertz CT molecular complexity index is 889. The van der Waals surface area contributed by atoms with E-state index < -0.39 is 0 Å². The molecule has 0 radical (unpaired) electrons. The molecule has 160 valence electrons. The zero-order chi connectivity index (χ0) is 21.3. The van der Waals surface area contributed by atoms with Crippen LogP contribution in [0.2, 0.25) is 0 Å². The van der Waals surface area contributed by atoms with Crippen molar-refractivity contribution in [3.05, 3.63) is 65.2 Å². The lowest BCUT2D eigenvalue weighted by atomic mass is 9.58. The van der Waals surface area contributed by atoms with Crippen molar-refractivity contribution in [3.63, 3.8) is 0 Å². The molecule has 30 heavy (non-hydrogen) atoms. The molecule has 2 fully saturated rings. The molecule has 3 atom stereocenters. The van der Waals surface area contributed by atoms with Gasteiger partial charge in [0.15, 0.2) is 5.78 Å². The molecule has 1 aliphatic heterocycles. The molecule has 2 bridgehead atoms. The fraction of sp³-hybridized carbons (Fsp3) is 0.519. The minimum atomic E-state index is 0.0648. The van der Waals surface area contributed by atoms with Gasteiger partial charge >= 0.3 is 0 Å². The van der Waals surface area contributed by atoms with E-state index in [1.54, 1.807) is 0 Å². The van der Waals surface area contributed by atoms with Gasteiger partial charge in [-0.3, -0.25) is 9.69 Å². The van der Waals surface area contributed by atoms with Crippen LogP contribution in [0.3, 0.4) is 0 Å². The van der Waals surface area contributed by atoms with Gasteiger partial charge in [0.25, 0.3) is 0 Å². The van der Waals surface area contributed by atoms with E-state index in [9.17, 15) is 4.79 Å². The molecule has 1 saturated heterocycles. The summed E-state index contributed by atoms with van der Waals surface area (Å²) in [6, 6.07) is 16.9. The maximum Gasteiger partial charge on any atom is 0.180 e. The standard InChI is InChI=1S/C25H30N2O.C2H6/c1-17-23-24(28)21-11-10-20(26-15-18-6-4-3-5-7-18)14-22(21)25(17,2)12-13-27(23)16-19-8-9-19;1-2/h3-7,10-11,14,17,19,23,26H,8-9,12-13,15-16H2,1-2H3;1-2H3/t17-,23-,25+;/m0./s1. The number of nitrogens with zero attached hydrogens (tertiary/aromatic N) is 1. The van der Waals surface area contributed by atoms with Crippen LogP contribution in [-0.2, 0) is 12.0 Å². The summed E-state index contributed by atoms with van der Waals surface area (Å²) >= 11 is 0. The van der Waals surface area contributed by atoms with Crippen LogP contribution >= 0.6 is 0 Å². The number of piperidine rings is 1. The lowest BCUT2D eigenvalue weighted by molar-refractivity contribution is 0.0266. The number of Topliss-reactive ketones (excluding diaryl/α,β-unsaturated/α-hetero) is 1. The highest BCUT2D eigenvalue weighted by atomic mass is 16.1. The average Bonchev–Trinajstić information content (AvgIpc) is 3.60. The first-order chi connectivity index (χ1) is 14.6. The maximum atomic E-state index is 13.4. The number of carbonyl (C=O) groups excluding carboxylic acids is 1. The molecule has 5 rings (SSSR count). The summed E-state index contributed by atoms with van der Waals surface area (Å²) in [5.41, 5.74) is 4.67. The molecule has 2 aromatic carbocycles. The summed E-state index contributed by atoms with van der Waals surface area (Å²) in [5, 5.41) is 3.55. The minimum Gasteiger partial charge on any atom is -0.381 e. The Kier molecular flexibility index (Phi) is 6.02. The van der Waals surface area contributed by atoms with Gasteiger partial charge in [0.05, 0.1) is 6.04 Å². The summed E-state index contributed by atoms with van der Waals surface area (Å²) < 4.78 is 0. The van der Waals surface area contributed by atoms with Gasteiger partial charge in [-0.05, 0) is 72.4 Å². The van der Waals surface area contributed by atoms with Gasteiger partial charge in [-0.1, -0.05) is 58.0 Å². The molecule has 1 heterocycles. The molecule has 3 nitrogen and oxygen atoms in total. The lowest BCUT2D eigenvalue weighted by Gasteiger charge is -2.53. The van der Waals surface area contributed by atoms with Crippen LogP contribution in [-0.4, -0.2) is 29.8 Å². The Hall–Kier alpha value is -2.13. The van der Waals surface area contributed by atoms with Gasteiger partial charge < -0.3 is 5.32 Å². The van der Waals surface area contributed by atoms with E-state index in [1.807, 2.05) is 19.9 Å². The second kappa shape index (κ2) is 8.55. The minimum absolute atomic E-state index is 0.0648. The van der Waals surface area contributed by atoms with Gasteiger partial charge in [-0.25, -0.2) is 0 Å². The molecule has 0 spiro atoms. The summed E-state index contributed by atoms with van der Waals surface area (Å²) in [5.74, 6) is 1.54. The van der Waals surface area contributed by atoms with Gasteiger partial charge in [-0.2, -0.15) is 0 Å². The van der Waals surface area contributed by atoms with Crippen molar-refractivity contribution in [2.45, 2.75) is 65.0 Å². The first-order valence-corrected chi connectivity index (χ1v) is 11.8. The highest BCUT2D eigenvalue weighted by molar-refractivity contribution is 6.04. The highest BCUT2D eigenvalue weighted by Gasteiger charge is 2.52. The van der Waals surface area contributed by atoms with Crippen LogP contribution in [0.1, 0.15) is 68.4 Å². The summed E-state index contributed by atoms with van der Waals surface area (Å²) in [6.07, 6.45) is 3.83. The zero-order valence-corrected chi connectivity index (χ0v) is 18.9. The Balaban J connectivity index is 0.00000106. The van der Waals surface area contributed by atoms with E-state index in [1.165, 1.54) is 24.0 Å². The Morgan fingerprint density at radius 2 is 1.83 bits per heavy atom. The van der Waals surface area contributed by atoms with Crippen molar-refractivity contribution in [2.24, 2.45) is 11.8 Å². The van der Waals surface area contributed by atoms with Crippen LogP contribution in [0.25, 0.3) is 0 Å². The molecule has 3 heteroatoms. The number of carbonyl (C=O) groups is 1. The van der Waals surface area contributed by atoms with Gasteiger partial charge in [0.2, 0.25) is 0 Å². The number of likely N-dealkylation sites (tertiary alicyclic amines) is 1. The van der Waals surface area contributed by atoms with Crippen molar-refractivity contribution < 1.29 is 4.79 Å². The number of nitrogens with one attached hydrogen (secondary N) is 1. The molecule has 2 aliphatic carbocycles. The number of hydrogen-bond donors (Lipinski definition) is 1. The number of rotatable bonds is 5. The van der Waals surface area contributed by atoms with E-state index in [0.29, 0.717) is 11.7 Å². The smallest absolute Gasteiger partial charge is 0.180 e. The Labute approximate surface area is 181 Å². The lowest BCUT2D eigenvalue weighted by Crippen LogP contribution is -2.61. The zero-order valence-electron chi connectivity index (χ0n) is 18.9. The van der Waals surface area contributed by atoms with E-state index in [-0.39, 0.29) is 11.5 Å². The Morgan fingerprint density at radius 1 is 1.10 bits per heavy atom. The number of ketones is 1. The van der Waals surface area contributed by atoms with Crippen LogP contribution in [0.15, 0.2) is 48.5 Å². The molecular weight excluding hydrogens is 368 g/mol. The monoisotopic (exact) mass is 404 g/mol. The van der Waals surface area contributed by atoms with Crippen molar-refractivity contribution in [2.75, 3.05) is 18.4 Å². The third kappa shape index (κ3) is 3.80. The fourth-order valence-corrected chi connectivity index (χ4v) is 5.32. The first kappa shape index (κ1) is 21.1. The van der Waals surface area contributed by atoms with Crippen LogP contribution in [0.4, 0.5) is 5.69 Å². The van der Waals surface area contributed by atoms with Gasteiger partial charge in [0, 0.05) is 24.3 Å². The average molecular weight is 405 g/mol. The Morgan fingerprint density at radius 3 is 2.53 bits per heavy atom. The predicted molar refractivity (Wildman–Crippen MR) is 125 cm³/mol. The molecular formula is C27H36N2O. The van der Waals surface area contributed by atoms with Crippen LogP contribution < -0.4 is 5.32 Å². The number of benzene rings is 2. The topological polar surface area (TPSA) is 32.3 Å². The SMILES string of the molecule is CC.C[C@H]1[C@H]2C(=O)c3ccc(NCc4ccccc4)cc3[C@]1(C)CCN2CC1CC1. The third-order valence-corrected chi connectivity index (χ3v) is 7.49. The molecule has 2 aromatic rings. The molecule has 0 amide bonds. The molecule has 0 unspecified atom stereocenters. The number of fused-ring (bicyclic) bond motifs is 4. The van der Waals surface area contributed by atoms with Gasteiger partial charge in [0.1, 0.15) is 0 Å². The highest BCUT2D eigenvalue weighted by Crippen LogP contribution is 2.49. The molecule has 1 saturated carbocycles. The third-order valence-electron chi connectivity index (χ3n) is 7.49. The second-order valence-corrected chi connectivity index (χ2v) is 9.30. The largest absolute Gasteiger partial charge is 0.381 e. The van der Waals surface area contributed by atoms with Crippen molar-refractivity contribution in [3.8, 4) is 0 Å². The number of hydrogen-bond acceptors (Lipinski definition) is 3. The summed E-state index contributed by atoms with van der Waals surface area (Å²) in [6.45, 7) is 11.6. The van der Waals surface area contributed by atoms with E-state index in [0.717, 1.165) is 43.2 Å². The molecule has 3 aliphatic rings.